The highest BCUT2D eigenvalue weighted by atomic mass is 16.5. The standard InChI is InChI=1S/C24H33N3O3/c1-7-23(28)25-20-10-13-22(26(4)5)19(14-20)16-27(15-17(2)3)24(29)18-8-11-21(30-6)12-9-18/h8-14,17H,7,15-16H2,1-6H3,(H,25,28). The minimum Gasteiger partial charge on any atom is -0.497 e. The third kappa shape index (κ3) is 6.24. The Morgan fingerprint density at radius 2 is 1.73 bits per heavy atom. The van der Waals surface area contributed by atoms with Crippen LogP contribution in [0.4, 0.5) is 11.4 Å². The number of ether oxygens (including phenoxy) is 1. The van der Waals surface area contributed by atoms with Gasteiger partial charge in [-0.25, -0.2) is 0 Å². The summed E-state index contributed by atoms with van der Waals surface area (Å²) in [5.41, 5.74) is 3.36. The molecular formula is C24H33N3O3. The lowest BCUT2D eigenvalue weighted by Crippen LogP contribution is -2.34. The first kappa shape index (κ1) is 23.3. The van der Waals surface area contributed by atoms with Gasteiger partial charge < -0.3 is 19.9 Å². The summed E-state index contributed by atoms with van der Waals surface area (Å²) in [4.78, 5) is 29.0. The third-order valence-electron chi connectivity index (χ3n) is 4.74. The number of carbonyl (C=O) groups excluding carboxylic acids is 2. The molecule has 0 fully saturated rings. The molecule has 2 rings (SSSR count). The number of carbonyl (C=O) groups is 2. The van der Waals surface area contributed by atoms with Crippen LogP contribution < -0.4 is 15.0 Å². The molecule has 0 bridgehead atoms. The molecule has 0 unspecified atom stereocenters. The topological polar surface area (TPSA) is 61.9 Å². The van der Waals surface area contributed by atoms with Gasteiger partial charge in [0, 0.05) is 50.5 Å². The first-order valence-electron chi connectivity index (χ1n) is 10.3. The summed E-state index contributed by atoms with van der Waals surface area (Å²) in [6.07, 6.45) is 0.417. The van der Waals surface area contributed by atoms with Crippen LogP contribution in [0.2, 0.25) is 0 Å². The largest absolute Gasteiger partial charge is 0.497 e. The maximum Gasteiger partial charge on any atom is 0.254 e. The molecule has 30 heavy (non-hydrogen) atoms. The molecule has 6 nitrogen and oxygen atoms in total. The van der Waals surface area contributed by atoms with E-state index in [0.717, 1.165) is 22.7 Å². The molecule has 2 aromatic carbocycles. The van der Waals surface area contributed by atoms with Crippen LogP contribution in [0.5, 0.6) is 5.75 Å². The average molecular weight is 412 g/mol. The van der Waals surface area contributed by atoms with Crippen LogP contribution in [0, 0.1) is 5.92 Å². The molecule has 1 N–H and O–H groups in total. The van der Waals surface area contributed by atoms with Crippen LogP contribution in [-0.4, -0.2) is 44.5 Å². The Morgan fingerprint density at radius 3 is 2.27 bits per heavy atom. The summed E-state index contributed by atoms with van der Waals surface area (Å²) in [6.45, 7) is 7.09. The van der Waals surface area contributed by atoms with Crippen molar-refractivity contribution < 1.29 is 14.3 Å². The van der Waals surface area contributed by atoms with E-state index in [9.17, 15) is 9.59 Å². The normalized spacial score (nSPS) is 10.6. The molecule has 0 aliphatic rings. The molecule has 0 aromatic heterocycles. The Morgan fingerprint density at radius 1 is 1.07 bits per heavy atom. The molecule has 0 radical (unpaired) electrons. The summed E-state index contributed by atoms with van der Waals surface area (Å²) >= 11 is 0. The van der Waals surface area contributed by atoms with Crippen molar-refractivity contribution in [2.45, 2.75) is 33.7 Å². The van der Waals surface area contributed by atoms with Gasteiger partial charge in [-0.2, -0.15) is 0 Å². The van der Waals surface area contributed by atoms with Crippen LogP contribution in [0.15, 0.2) is 42.5 Å². The second-order valence-corrected chi connectivity index (χ2v) is 7.95. The monoisotopic (exact) mass is 411 g/mol. The van der Waals surface area contributed by atoms with Crippen molar-refractivity contribution in [1.29, 1.82) is 0 Å². The number of nitrogens with zero attached hydrogens (tertiary/aromatic N) is 2. The van der Waals surface area contributed by atoms with Gasteiger partial charge in [0.25, 0.3) is 5.91 Å². The maximum atomic E-state index is 13.3. The average Bonchev–Trinajstić information content (AvgIpc) is 2.72. The number of benzene rings is 2. The molecule has 2 amide bonds. The number of methoxy groups -OCH3 is 1. The number of rotatable bonds is 9. The zero-order chi connectivity index (χ0) is 22.3. The van der Waals surface area contributed by atoms with Crippen LogP contribution in [-0.2, 0) is 11.3 Å². The second-order valence-electron chi connectivity index (χ2n) is 7.95. The fourth-order valence-electron chi connectivity index (χ4n) is 3.26. The van der Waals surface area contributed by atoms with E-state index in [2.05, 4.69) is 19.2 Å². The van der Waals surface area contributed by atoms with Crippen molar-refractivity contribution in [3.8, 4) is 5.75 Å². The summed E-state index contributed by atoms with van der Waals surface area (Å²) < 4.78 is 5.20. The predicted molar refractivity (Wildman–Crippen MR) is 122 cm³/mol. The lowest BCUT2D eigenvalue weighted by molar-refractivity contribution is -0.115. The van der Waals surface area contributed by atoms with E-state index in [-0.39, 0.29) is 11.8 Å². The fraction of sp³-hybridized carbons (Fsp3) is 0.417. The van der Waals surface area contributed by atoms with Gasteiger partial charge >= 0.3 is 0 Å². The maximum absolute atomic E-state index is 13.3. The predicted octanol–water partition coefficient (Wildman–Crippen LogP) is 4.41. The Labute approximate surface area is 179 Å². The first-order valence-corrected chi connectivity index (χ1v) is 10.3. The van der Waals surface area contributed by atoms with Gasteiger partial charge in [-0.15, -0.1) is 0 Å². The second kappa shape index (κ2) is 10.7. The Hall–Kier alpha value is -3.02. The lowest BCUT2D eigenvalue weighted by Gasteiger charge is -2.28. The highest BCUT2D eigenvalue weighted by molar-refractivity contribution is 5.94. The van der Waals surface area contributed by atoms with Crippen molar-refractivity contribution >= 4 is 23.2 Å². The van der Waals surface area contributed by atoms with Gasteiger partial charge in [0.05, 0.1) is 7.11 Å². The minimum atomic E-state index is -0.0353. The molecule has 0 saturated carbocycles. The van der Waals surface area contributed by atoms with E-state index in [4.69, 9.17) is 4.74 Å². The van der Waals surface area contributed by atoms with Gasteiger partial charge in [0.1, 0.15) is 5.75 Å². The highest BCUT2D eigenvalue weighted by Crippen LogP contribution is 2.26. The van der Waals surface area contributed by atoms with Crippen molar-refractivity contribution in [3.63, 3.8) is 0 Å². The van der Waals surface area contributed by atoms with Crippen LogP contribution in [0.25, 0.3) is 0 Å². The first-order chi connectivity index (χ1) is 14.2. The lowest BCUT2D eigenvalue weighted by atomic mass is 10.1. The SMILES string of the molecule is CCC(=O)Nc1ccc(N(C)C)c(CN(CC(C)C)C(=O)c2ccc(OC)cc2)c1. The molecule has 0 aliphatic carbocycles. The quantitative estimate of drug-likeness (QED) is 0.664. The van der Waals surface area contributed by atoms with Gasteiger partial charge in [-0.1, -0.05) is 20.8 Å². The molecule has 0 atom stereocenters. The zero-order valence-corrected chi connectivity index (χ0v) is 18.9. The van der Waals surface area contributed by atoms with Crippen molar-refractivity contribution in [2.75, 3.05) is 38.0 Å². The van der Waals surface area contributed by atoms with Gasteiger partial charge in [0.2, 0.25) is 5.91 Å². The zero-order valence-electron chi connectivity index (χ0n) is 18.9. The summed E-state index contributed by atoms with van der Waals surface area (Å²) in [5, 5.41) is 2.91. The van der Waals surface area contributed by atoms with Gasteiger partial charge in [-0.05, 0) is 53.9 Å². The number of amides is 2. The van der Waals surface area contributed by atoms with E-state index in [1.165, 1.54) is 0 Å². The number of hydrogen-bond acceptors (Lipinski definition) is 4. The van der Waals surface area contributed by atoms with Gasteiger partial charge in [0.15, 0.2) is 0 Å². The third-order valence-corrected chi connectivity index (χ3v) is 4.74. The molecule has 0 heterocycles. The van der Waals surface area contributed by atoms with Crippen LogP contribution in [0.1, 0.15) is 43.1 Å². The Kier molecular flexibility index (Phi) is 8.27. The van der Waals surface area contributed by atoms with Crippen molar-refractivity contribution in [3.05, 3.63) is 53.6 Å². The molecule has 0 saturated heterocycles. The minimum absolute atomic E-state index is 0.0287. The summed E-state index contributed by atoms with van der Waals surface area (Å²) in [7, 11) is 5.55. The Bertz CT molecular complexity index is 860. The summed E-state index contributed by atoms with van der Waals surface area (Å²) in [5.74, 6) is 0.972. The molecule has 2 aromatic rings. The molecular weight excluding hydrogens is 378 g/mol. The Balaban J connectivity index is 2.36. The van der Waals surface area contributed by atoms with E-state index in [0.29, 0.717) is 31.0 Å². The van der Waals surface area contributed by atoms with Gasteiger partial charge in [-0.3, -0.25) is 9.59 Å². The fourth-order valence-corrected chi connectivity index (χ4v) is 3.26. The van der Waals surface area contributed by atoms with Crippen LogP contribution >= 0.6 is 0 Å². The number of nitrogens with one attached hydrogen (secondary N) is 1. The molecule has 162 valence electrons. The smallest absolute Gasteiger partial charge is 0.254 e. The van der Waals surface area contributed by atoms with E-state index in [1.54, 1.807) is 31.4 Å². The van der Waals surface area contributed by atoms with E-state index >= 15 is 0 Å². The number of anilines is 2. The van der Waals surface area contributed by atoms with Crippen molar-refractivity contribution in [1.82, 2.24) is 4.90 Å². The van der Waals surface area contributed by atoms with E-state index in [1.807, 2.05) is 49.0 Å². The van der Waals surface area contributed by atoms with Crippen molar-refractivity contribution in [2.24, 2.45) is 5.92 Å². The number of hydrogen-bond donors (Lipinski definition) is 1. The highest BCUT2D eigenvalue weighted by Gasteiger charge is 2.20. The molecule has 0 spiro atoms. The summed E-state index contributed by atoms with van der Waals surface area (Å²) in [6, 6.07) is 13.0. The molecule has 0 aliphatic heterocycles. The molecule has 6 heteroatoms. The van der Waals surface area contributed by atoms with E-state index < -0.39 is 0 Å². The van der Waals surface area contributed by atoms with Crippen LogP contribution in [0.3, 0.4) is 0 Å².